The summed E-state index contributed by atoms with van der Waals surface area (Å²) in [5, 5.41) is 12.0. The molecule has 0 saturated carbocycles. The van der Waals surface area contributed by atoms with Gasteiger partial charge in [0.1, 0.15) is 18.5 Å². The van der Waals surface area contributed by atoms with Crippen molar-refractivity contribution < 1.29 is 28.6 Å². The van der Waals surface area contributed by atoms with Crippen LogP contribution in [0.15, 0.2) is 83.3 Å². The number of esters is 1. The SMILES string of the molecule is CC(=O)OC(C)Cc1oc2c(OCC(=O)[O-])cccc2c1CCSC(c1ccccc1)c1ccccc1. The lowest BCUT2D eigenvalue weighted by molar-refractivity contribution is -0.307. The minimum atomic E-state index is -1.31. The molecule has 0 spiro atoms. The van der Waals surface area contributed by atoms with Crippen LogP contribution < -0.4 is 9.84 Å². The van der Waals surface area contributed by atoms with Gasteiger partial charge in [-0.1, -0.05) is 72.8 Å². The summed E-state index contributed by atoms with van der Waals surface area (Å²) in [6.07, 6.45) is 0.730. The molecule has 4 rings (SSSR count). The number of benzene rings is 3. The number of carboxylic acid groups (broad SMARTS) is 1. The van der Waals surface area contributed by atoms with E-state index < -0.39 is 12.6 Å². The Labute approximate surface area is 220 Å². The van der Waals surface area contributed by atoms with Gasteiger partial charge in [-0.05, 0) is 36.3 Å². The number of furan rings is 1. The van der Waals surface area contributed by atoms with Gasteiger partial charge >= 0.3 is 5.97 Å². The average Bonchev–Trinajstić information content (AvgIpc) is 3.23. The van der Waals surface area contributed by atoms with Crippen molar-refractivity contribution in [1.29, 1.82) is 0 Å². The summed E-state index contributed by atoms with van der Waals surface area (Å²) in [6.45, 7) is 2.63. The van der Waals surface area contributed by atoms with Crippen LogP contribution in [0.5, 0.6) is 5.75 Å². The fourth-order valence-corrected chi connectivity index (χ4v) is 5.65. The maximum atomic E-state index is 11.5. The Morgan fingerprint density at radius 3 is 2.19 bits per heavy atom. The second-order valence-corrected chi connectivity index (χ2v) is 9.96. The zero-order valence-corrected chi connectivity index (χ0v) is 21.7. The van der Waals surface area contributed by atoms with Gasteiger partial charge in [-0.2, -0.15) is 0 Å². The first-order valence-electron chi connectivity index (χ1n) is 12.2. The van der Waals surface area contributed by atoms with Crippen molar-refractivity contribution in [2.24, 2.45) is 0 Å². The molecule has 0 bridgehead atoms. The second-order valence-electron chi connectivity index (χ2n) is 8.74. The first kappa shape index (κ1) is 26.4. The van der Waals surface area contributed by atoms with Gasteiger partial charge in [0.05, 0.1) is 11.2 Å². The van der Waals surface area contributed by atoms with Crippen molar-refractivity contribution in [3.63, 3.8) is 0 Å². The van der Waals surface area contributed by atoms with E-state index in [2.05, 4.69) is 48.5 Å². The van der Waals surface area contributed by atoms with Gasteiger partial charge in [0.15, 0.2) is 11.3 Å². The number of fused-ring (bicyclic) bond motifs is 1. The molecule has 0 N–H and O–H groups in total. The second kappa shape index (κ2) is 12.5. The summed E-state index contributed by atoms with van der Waals surface area (Å²) in [6, 6.07) is 26.3. The summed E-state index contributed by atoms with van der Waals surface area (Å²) >= 11 is 1.85. The van der Waals surface area contributed by atoms with Gasteiger partial charge in [-0.15, -0.1) is 11.8 Å². The van der Waals surface area contributed by atoms with Gasteiger partial charge in [-0.25, -0.2) is 0 Å². The summed E-state index contributed by atoms with van der Waals surface area (Å²) < 4.78 is 17.0. The van der Waals surface area contributed by atoms with Crippen LogP contribution in [-0.2, 0) is 27.2 Å². The van der Waals surface area contributed by atoms with Gasteiger partial charge in [0.2, 0.25) is 0 Å². The molecule has 1 atom stereocenters. The molecule has 192 valence electrons. The molecule has 0 aliphatic carbocycles. The van der Waals surface area contributed by atoms with Crippen LogP contribution in [-0.4, -0.2) is 30.4 Å². The Kier molecular flexibility index (Phi) is 8.90. The summed E-state index contributed by atoms with van der Waals surface area (Å²) in [7, 11) is 0. The number of carbonyl (C=O) groups excluding carboxylic acids is 2. The molecular formula is C30H29O6S-. The molecule has 0 aliphatic heterocycles. The first-order chi connectivity index (χ1) is 17.9. The van der Waals surface area contributed by atoms with E-state index in [9.17, 15) is 14.7 Å². The molecule has 7 heteroatoms. The Morgan fingerprint density at radius 2 is 1.59 bits per heavy atom. The highest BCUT2D eigenvalue weighted by Gasteiger charge is 2.21. The predicted molar refractivity (Wildman–Crippen MR) is 143 cm³/mol. The van der Waals surface area contributed by atoms with Crippen LogP contribution in [0.1, 0.15) is 41.5 Å². The van der Waals surface area contributed by atoms with Crippen molar-refractivity contribution in [2.75, 3.05) is 12.4 Å². The molecule has 1 aromatic heterocycles. The zero-order valence-electron chi connectivity index (χ0n) is 20.8. The lowest BCUT2D eigenvalue weighted by atomic mass is 10.0. The van der Waals surface area contributed by atoms with Crippen LogP contribution in [0.25, 0.3) is 11.0 Å². The van der Waals surface area contributed by atoms with Crippen molar-refractivity contribution >= 4 is 34.7 Å². The fraction of sp³-hybridized carbons (Fsp3) is 0.267. The molecule has 3 aromatic carbocycles. The molecule has 0 saturated heterocycles. The highest BCUT2D eigenvalue weighted by molar-refractivity contribution is 7.99. The Hall–Kier alpha value is -3.71. The minimum absolute atomic E-state index is 0.172. The van der Waals surface area contributed by atoms with E-state index in [0.717, 1.165) is 16.7 Å². The highest BCUT2D eigenvalue weighted by atomic mass is 32.2. The third kappa shape index (κ3) is 6.95. The molecule has 37 heavy (non-hydrogen) atoms. The van der Waals surface area contributed by atoms with E-state index >= 15 is 0 Å². The number of para-hydroxylation sites is 1. The number of aliphatic carboxylic acids is 1. The van der Waals surface area contributed by atoms with E-state index in [1.165, 1.54) is 18.1 Å². The number of ether oxygens (including phenoxy) is 2. The largest absolute Gasteiger partial charge is 0.546 e. The molecule has 0 amide bonds. The van der Waals surface area contributed by atoms with Crippen LogP contribution >= 0.6 is 11.8 Å². The summed E-state index contributed by atoms with van der Waals surface area (Å²) in [5.74, 6) is 0.185. The third-order valence-corrected chi connectivity index (χ3v) is 7.21. The van der Waals surface area contributed by atoms with E-state index in [-0.39, 0.29) is 17.3 Å². The average molecular weight is 518 g/mol. The zero-order chi connectivity index (χ0) is 26.2. The van der Waals surface area contributed by atoms with Crippen LogP contribution in [0.3, 0.4) is 0 Å². The maximum absolute atomic E-state index is 11.5. The number of carbonyl (C=O) groups is 2. The molecule has 0 radical (unpaired) electrons. The van der Waals surface area contributed by atoms with Gasteiger partial charge in [0.25, 0.3) is 0 Å². The predicted octanol–water partition coefficient (Wildman–Crippen LogP) is 5.12. The standard InChI is InChI=1S/C30H30O6S/c1-20(35-21(2)31)18-27-24(25-14-9-15-26(29(25)36-27)34-19-28(32)33)16-17-37-30(22-10-5-3-6-11-22)23-12-7-4-8-13-23/h3-15,20,30H,16-19H2,1-2H3,(H,32,33)/p-1. The van der Waals surface area contributed by atoms with E-state index in [1.54, 1.807) is 6.07 Å². The number of rotatable bonds is 12. The number of hydrogen-bond acceptors (Lipinski definition) is 7. The topological polar surface area (TPSA) is 88.8 Å². The van der Waals surface area contributed by atoms with Crippen molar-refractivity contribution in [2.45, 2.75) is 38.0 Å². The number of carboxylic acids is 1. The molecule has 1 unspecified atom stereocenters. The molecule has 6 nitrogen and oxygen atoms in total. The minimum Gasteiger partial charge on any atom is -0.546 e. The smallest absolute Gasteiger partial charge is 0.302 e. The van der Waals surface area contributed by atoms with Crippen LogP contribution in [0.4, 0.5) is 0 Å². The number of aryl methyl sites for hydroxylation is 1. The van der Waals surface area contributed by atoms with Crippen molar-refractivity contribution in [3.8, 4) is 5.75 Å². The Morgan fingerprint density at radius 1 is 0.946 bits per heavy atom. The van der Waals surface area contributed by atoms with Crippen LogP contribution in [0.2, 0.25) is 0 Å². The van der Waals surface area contributed by atoms with E-state index in [0.29, 0.717) is 29.9 Å². The Balaban J connectivity index is 1.61. The van der Waals surface area contributed by atoms with Crippen molar-refractivity contribution in [1.82, 2.24) is 0 Å². The van der Waals surface area contributed by atoms with Crippen molar-refractivity contribution in [3.05, 3.63) is 101 Å². The number of hydrogen-bond donors (Lipinski definition) is 0. The monoisotopic (exact) mass is 517 g/mol. The maximum Gasteiger partial charge on any atom is 0.302 e. The summed E-state index contributed by atoms with van der Waals surface area (Å²) in [5.41, 5.74) is 3.95. The number of thioether (sulfide) groups is 1. The molecule has 4 aromatic rings. The molecule has 0 aliphatic rings. The third-order valence-electron chi connectivity index (χ3n) is 5.89. The summed E-state index contributed by atoms with van der Waals surface area (Å²) in [4.78, 5) is 22.4. The van der Waals surface area contributed by atoms with E-state index in [1.807, 2.05) is 43.0 Å². The quantitative estimate of drug-likeness (QED) is 0.241. The highest BCUT2D eigenvalue weighted by Crippen LogP contribution is 2.38. The molecule has 1 heterocycles. The van der Waals surface area contributed by atoms with Crippen LogP contribution in [0, 0.1) is 0 Å². The van der Waals surface area contributed by atoms with Gasteiger partial charge < -0.3 is 23.8 Å². The van der Waals surface area contributed by atoms with Gasteiger partial charge in [-0.3, -0.25) is 4.79 Å². The lowest BCUT2D eigenvalue weighted by Crippen LogP contribution is -2.28. The fourth-order valence-electron chi connectivity index (χ4n) is 4.39. The molecular weight excluding hydrogens is 488 g/mol. The van der Waals surface area contributed by atoms with Gasteiger partial charge in [0, 0.05) is 24.3 Å². The lowest BCUT2D eigenvalue weighted by Gasteiger charge is -2.18. The molecule has 0 fully saturated rings. The Bertz CT molecular complexity index is 1290. The normalized spacial score (nSPS) is 12.0. The van der Waals surface area contributed by atoms with E-state index in [4.69, 9.17) is 13.9 Å². The first-order valence-corrected chi connectivity index (χ1v) is 13.2.